The molecule has 2 aromatic rings. The highest BCUT2D eigenvalue weighted by Crippen LogP contribution is 2.30. The molecule has 1 heterocycles. The van der Waals surface area contributed by atoms with Crippen molar-refractivity contribution >= 4 is 28.1 Å². The maximum absolute atomic E-state index is 9.09. The number of para-hydroxylation sites is 1. The summed E-state index contributed by atoms with van der Waals surface area (Å²) in [5.41, 5.74) is 1.58. The Morgan fingerprint density at radius 1 is 1.45 bits per heavy atom. The number of methoxy groups -OCH3 is 1. The number of anilines is 1. The first-order valence-corrected chi connectivity index (χ1v) is 7.20. The number of aromatic nitrogens is 1. The first-order chi connectivity index (χ1) is 9.67. The lowest BCUT2D eigenvalue weighted by Gasteiger charge is -2.17. The van der Waals surface area contributed by atoms with Crippen LogP contribution in [0.5, 0.6) is 5.75 Å². The predicted molar refractivity (Wildman–Crippen MR) is 81.8 cm³/mol. The summed E-state index contributed by atoms with van der Waals surface area (Å²) in [6.07, 6.45) is 0.820. The Balaban J connectivity index is 2.09. The molecule has 0 bridgehead atoms. The first-order valence-electron chi connectivity index (χ1n) is 6.05. The molecule has 0 N–H and O–H groups in total. The molecule has 0 spiro atoms. The highest BCUT2D eigenvalue weighted by molar-refractivity contribution is 7.10. The van der Waals surface area contributed by atoms with E-state index in [4.69, 9.17) is 21.6 Å². The van der Waals surface area contributed by atoms with Gasteiger partial charge in [-0.05, 0) is 29.6 Å². The highest BCUT2D eigenvalue weighted by Gasteiger charge is 2.15. The Morgan fingerprint density at radius 2 is 2.20 bits per heavy atom. The van der Waals surface area contributed by atoms with Crippen LogP contribution in [0.2, 0.25) is 5.15 Å². The van der Waals surface area contributed by atoms with Crippen LogP contribution in [0.3, 0.4) is 0 Å². The molecule has 20 heavy (non-hydrogen) atoms. The van der Waals surface area contributed by atoms with Crippen LogP contribution in [0, 0.1) is 11.3 Å². The summed E-state index contributed by atoms with van der Waals surface area (Å²) in [7, 11) is 3.60. The van der Waals surface area contributed by atoms with Crippen molar-refractivity contribution in [2.75, 3.05) is 25.6 Å². The van der Waals surface area contributed by atoms with E-state index in [1.165, 1.54) is 11.5 Å². The average Bonchev–Trinajstić information content (AvgIpc) is 2.86. The van der Waals surface area contributed by atoms with Gasteiger partial charge >= 0.3 is 0 Å². The molecule has 0 saturated carbocycles. The van der Waals surface area contributed by atoms with Crippen LogP contribution >= 0.6 is 23.1 Å². The maximum atomic E-state index is 9.09. The van der Waals surface area contributed by atoms with Crippen LogP contribution < -0.4 is 9.64 Å². The van der Waals surface area contributed by atoms with Crippen LogP contribution in [0.4, 0.5) is 5.00 Å². The molecule has 2 rings (SSSR count). The van der Waals surface area contributed by atoms with E-state index in [2.05, 4.69) is 10.4 Å². The molecule has 1 aromatic carbocycles. The molecular formula is C14H14ClN3OS. The molecule has 0 aliphatic rings. The van der Waals surface area contributed by atoms with Crippen LogP contribution in [0.25, 0.3) is 0 Å². The van der Waals surface area contributed by atoms with Crippen molar-refractivity contribution in [2.24, 2.45) is 0 Å². The van der Waals surface area contributed by atoms with Crippen molar-refractivity contribution in [3.8, 4) is 11.8 Å². The van der Waals surface area contributed by atoms with Gasteiger partial charge in [-0.1, -0.05) is 29.8 Å². The zero-order valence-corrected chi connectivity index (χ0v) is 12.8. The molecule has 0 aliphatic carbocycles. The fourth-order valence-electron chi connectivity index (χ4n) is 1.92. The van der Waals surface area contributed by atoms with Crippen molar-refractivity contribution < 1.29 is 4.74 Å². The molecule has 0 radical (unpaired) electrons. The molecule has 0 unspecified atom stereocenters. The van der Waals surface area contributed by atoms with E-state index >= 15 is 0 Å². The van der Waals surface area contributed by atoms with E-state index in [9.17, 15) is 0 Å². The van der Waals surface area contributed by atoms with Crippen LogP contribution in [0.1, 0.15) is 11.1 Å². The molecule has 1 aromatic heterocycles. The largest absolute Gasteiger partial charge is 0.496 e. The SMILES string of the molecule is COc1ccccc1CCN(C)c1snc(Cl)c1C#N. The second-order valence-electron chi connectivity index (χ2n) is 4.25. The zero-order valence-electron chi connectivity index (χ0n) is 11.3. The van der Waals surface area contributed by atoms with Crippen molar-refractivity contribution in [1.29, 1.82) is 5.26 Å². The lowest BCUT2D eigenvalue weighted by Crippen LogP contribution is -2.20. The maximum Gasteiger partial charge on any atom is 0.162 e. The summed E-state index contributed by atoms with van der Waals surface area (Å²) >= 11 is 7.13. The number of hydrogen-bond donors (Lipinski definition) is 0. The molecule has 0 aliphatic heterocycles. The second-order valence-corrected chi connectivity index (χ2v) is 5.36. The summed E-state index contributed by atoms with van der Waals surface area (Å²) < 4.78 is 9.35. The summed E-state index contributed by atoms with van der Waals surface area (Å²) in [4.78, 5) is 1.99. The number of rotatable bonds is 5. The third-order valence-electron chi connectivity index (χ3n) is 3.00. The lowest BCUT2D eigenvalue weighted by molar-refractivity contribution is 0.409. The standard InChI is InChI=1S/C14H14ClN3OS/c1-18(14-11(9-16)13(15)17-20-14)8-7-10-5-3-4-6-12(10)19-2/h3-6H,7-8H2,1-2H3. The van der Waals surface area contributed by atoms with Crippen LogP contribution in [-0.4, -0.2) is 25.1 Å². The predicted octanol–water partition coefficient (Wildman–Crippen LogP) is 3.36. The summed E-state index contributed by atoms with van der Waals surface area (Å²) in [6, 6.07) is 10.0. The molecule has 0 saturated heterocycles. The monoisotopic (exact) mass is 307 g/mol. The van der Waals surface area contributed by atoms with Crippen molar-refractivity contribution in [3.63, 3.8) is 0 Å². The van der Waals surface area contributed by atoms with Crippen molar-refractivity contribution in [1.82, 2.24) is 4.37 Å². The van der Waals surface area contributed by atoms with Gasteiger partial charge in [0, 0.05) is 13.6 Å². The van der Waals surface area contributed by atoms with Gasteiger partial charge in [0.1, 0.15) is 22.4 Å². The van der Waals surface area contributed by atoms with Crippen molar-refractivity contribution in [3.05, 3.63) is 40.5 Å². The number of nitrogens with zero attached hydrogens (tertiary/aromatic N) is 3. The van der Waals surface area contributed by atoms with Gasteiger partial charge in [-0.25, -0.2) is 0 Å². The third kappa shape index (κ3) is 3.03. The normalized spacial score (nSPS) is 10.1. The Labute approximate surface area is 127 Å². The van der Waals surface area contributed by atoms with E-state index in [0.717, 1.165) is 29.3 Å². The number of ether oxygens (including phenoxy) is 1. The lowest BCUT2D eigenvalue weighted by atomic mass is 10.1. The van der Waals surface area contributed by atoms with Gasteiger partial charge in [0.2, 0.25) is 0 Å². The number of hydrogen-bond acceptors (Lipinski definition) is 5. The summed E-state index contributed by atoms with van der Waals surface area (Å²) in [5.74, 6) is 0.878. The fraction of sp³-hybridized carbons (Fsp3) is 0.286. The molecule has 6 heteroatoms. The molecule has 0 fully saturated rings. The van der Waals surface area contributed by atoms with E-state index < -0.39 is 0 Å². The minimum absolute atomic E-state index is 0.275. The Hall–Kier alpha value is -1.77. The van der Waals surface area contributed by atoms with Gasteiger partial charge < -0.3 is 9.64 Å². The third-order valence-corrected chi connectivity index (χ3v) is 4.34. The fourth-order valence-corrected chi connectivity index (χ4v) is 2.93. The smallest absolute Gasteiger partial charge is 0.162 e. The van der Waals surface area contributed by atoms with Crippen LogP contribution in [-0.2, 0) is 6.42 Å². The van der Waals surface area contributed by atoms with Crippen molar-refractivity contribution in [2.45, 2.75) is 6.42 Å². The average molecular weight is 308 g/mol. The number of halogens is 1. The summed E-state index contributed by atoms with van der Waals surface area (Å²) in [5, 5.41) is 10.2. The van der Waals surface area contributed by atoms with Gasteiger partial charge in [0.15, 0.2) is 5.15 Å². The molecule has 4 nitrogen and oxygen atoms in total. The van der Waals surface area contributed by atoms with Gasteiger partial charge in [-0.15, -0.1) is 0 Å². The van der Waals surface area contributed by atoms with Gasteiger partial charge in [0.25, 0.3) is 0 Å². The minimum atomic E-state index is 0.275. The first kappa shape index (κ1) is 14.6. The number of nitriles is 1. The number of benzene rings is 1. The Morgan fingerprint density at radius 3 is 2.90 bits per heavy atom. The highest BCUT2D eigenvalue weighted by atomic mass is 35.5. The quantitative estimate of drug-likeness (QED) is 0.850. The van der Waals surface area contributed by atoms with Gasteiger partial charge in [0.05, 0.1) is 7.11 Å². The van der Waals surface area contributed by atoms with Gasteiger partial charge in [-0.2, -0.15) is 9.64 Å². The molecular weight excluding hydrogens is 294 g/mol. The zero-order chi connectivity index (χ0) is 14.5. The van der Waals surface area contributed by atoms with Gasteiger partial charge in [-0.3, -0.25) is 0 Å². The molecule has 104 valence electrons. The van der Waals surface area contributed by atoms with Crippen LogP contribution in [0.15, 0.2) is 24.3 Å². The number of likely N-dealkylation sites (N-methyl/N-ethyl adjacent to an activating group) is 1. The van der Waals surface area contributed by atoms with E-state index in [1.807, 2.05) is 36.2 Å². The Kier molecular flexibility index (Phi) is 4.83. The van der Waals surface area contributed by atoms with E-state index in [0.29, 0.717) is 5.56 Å². The van der Waals surface area contributed by atoms with E-state index in [1.54, 1.807) is 7.11 Å². The van der Waals surface area contributed by atoms with E-state index in [-0.39, 0.29) is 5.15 Å². The second kappa shape index (κ2) is 6.60. The summed E-state index contributed by atoms with van der Waals surface area (Å²) in [6.45, 7) is 0.758. The minimum Gasteiger partial charge on any atom is -0.496 e. The Bertz CT molecular complexity index is 636. The topological polar surface area (TPSA) is 49.1 Å². The molecule has 0 atom stereocenters. The molecule has 0 amide bonds.